The molecule has 1 aromatic heterocycles. The second-order valence-corrected chi connectivity index (χ2v) is 5.58. The number of carbonyl (C=O) groups excluding carboxylic acids is 2. The van der Waals surface area contributed by atoms with Gasteiger partial charge in [0.05, 0.1) is 12.7 Å². The average molecular weight is 340 g/mol. The molecule has 2 aromatic carbocycles. The number of ketones is 1. The van der Waals surface area contributed by atoms with Gasteiger partial charge >= 0.3 is 0 Å². The van der Waals surface area contributed by atoms with Gasteiger partial charge in [-0.15, -0.1) is 0 Å². The zero-order valence-electron chi connectivity index (χ0n) is 13.6. The molecule has 0 fully saturated rings. The Kier molecular flexibility index (Phi) is 4.79. The number of fused-ring (bicyclic) bond motifs is 1. The average Bonchev–Trinajstić information content (AvgIpc) is 3.04. The lowest BCUT2D eigenvalue weighted by atomic mass is 10.1. The molecule has 0 bridgehead atoms. The maximum absolute atomic E-state index is 13.2. The highest BCUT2D eigenvalue weighted by Crippen LogP contribution is 2.19. The first-order valence-corrected chi connectivity index (χ1v) is 7.80. The predicted molar refractivity (Wildman–Crippen MR) is 92.3 cm³/mol. The minimum Gasteiger partial charge on any atom is -0.497 e. The molecule has 0 atom stereocenters. The molecule has 2 N–H and O–H groups in total. The Hall–Kier alpha value is -3.15. The van der Waals surface area contributed by atoms with E-state index in [-0.39, 0.29) is 5.56 Å². The lowest BCUT2D eigenvalue weighted by molar-refractivity contribution is -0.116. The van der Waals surface area contributed by atoms with Crippen LogP contribution < -0.4 is 10.1 Å². The largest absolute Gasteiger partial charge is 0.497 e. The fraction of sp³-hybridized carbons (Fsp3) is 0.158. The summed E-state index contributed by atoms with van der Waals surface area (Å²) in [6, 6.07) is 11.5. The van der Waals surface area contributed by atoms with Crippen molar-refractivity contribution in [2.45, 2.75) is 6.42 Å². The number of amides is 1. The monoisotopic (exact) mass is 340 g/mol. The van der Waals surface area contributed by atoms with Crippen LogP contribution in [0.4, 0.5) is 4.39 Å². The Morgan fingerprint density at radius 1 is 1.20 bits per heavy atom. The Labute approximate surface area is 143 Å². The zero-order valence-corrected chi connectivity index (χ0v) is 13.6. The van der Waals surface area contributed by atoms with E-state index in [2.05, 4.69) is 10.3 Å². The third-order valence-electron chi connectivity index (χ3n) is 3.93. The summed E-state index contributed by atoms with van der Waals surface area (Å²) in [6.07, 6.45) is 2.00. The van der Waals surface area contributed by atoms with Crippen molar-refractivity contribution in [2.24, 2.45) is 0 Å². The minimum absolute atomic E-state index is 0.230. The van der Waals surface area contributed by atoms with Gasteiger partial charge in [-0.25, -0.2) is 4.39 Å². The second kappa shape index (κ2) is 7.17. The van der Waals surface area contributed by atoms with Crippen molar-refractivity contribution >= 4 is 22.6 Å². The van der Waals surface area contributed by atoms with E-state index in [0.29, 0.717) is 23.9 Å². The molecule has 0 aliphatic heterocycles. The lowest BCUT2D eigenvalue weighted by Crippen LogP contribution is -2.32. The lowest BCUT2D eigenvalue weighted by Gasteiger charge is -2.06. The van der Waals surface area contributed by atoms with Crippen LogP contribution in [0.2, 0.25) is 0 Å². The summed E-state index contributed by atoms with van der Waals surface area (Å²) in [5, 5.41) is 3.14. The highest BCUT2D eigenvalue weighted by atomic mass is 19.1. The number of H-pyrrole nitrogens is 1. The van der Waals surface area contributed by atoms with Crippen LogP contribution in [-0.4, -0.2) is 30.3 Å². The number of hydrogen-bond acceptors (Lipinski definition) is 3. The number of Topliss-reactive ketones (excluding diaryl/α,β-unsaturated/α-hetero) is 1. The third kappa shape index (κ3) is 3.68. The van der Waals surface area contributed by atoms with Gasteiger partial charge in [-0.05, 0) is 42.3 Å². The van der Waals surface area contributed by atoms with E-state index in [0.717, 1.165) is 11.3 Å². The first kappa shape index (κ1) is 16.7. The number of aromatic nitrogens is 1. The fourth-order valence-corrected chi connectivity index (χ4v) is 2.64. The number of benzene rings is 2. The van der Waals surface area contributed by atoms with Crippen LogP contribution in [0.5, 0.6) is 5.75 Å². The molecule has 5 nitrogen and oxygen atoms in total. The van der Waals surface area contributed by atoms with Crippen molar-refractivity contribution in [2.75, 3.05) is 13.7 Å². The summed E-state index contributed by atoms with van der Waals surface area (Å²) < 4.78 is 18.3. The van der Waals surface area contributed by atoms with E-state index in [9.17, 15) is 14.0 Å². The van der Waals surface area contributed by atoms with E-state index in [1.54, 1.807) is 7.11 Å². The van der Waals surface area contributed by atoms with Crippen molar-refractivity contribution in [1.82, 2.24) is 10.3 Å². The van der Waals surface area contributed by atoms with Crippen molar-refractivity contribution < 1.29 is 18.7 Å². The molecule has 0 aliphatic carbocycles. The van der Waals surface area contributed by atoms with Crippen LogP contribution in [0.1, 0.15) is 15.9 Å². The SMILES string of the molecule is COc1cccc(CCNC(=O)C(=O)c2c[nH]c3cc(F)ccc23)c1. The van der Waals surface area contributed by atoms with E-state index < -0.39 is 17.5 Å². The van der Waals surface area contributed by atoms with Crippen molar-refractivity contribution in [3.8, 4) is 5.75 Å². The highest BCUT2D eigenvalue weighted by molar-refractivity contribution is 6.44. The molecule has 0 radical (unpaired) electrons. The van der Waals surface area contributed by atoms with Crippen LogP contribution in [0.25, 0.3) is 10.9 Å². The van der Waals surface area contributed by atoms with Gasteiger partial charge in [0.15, 0.2) is 0 Å². The zero-order chi connectivity index (χ0) is 17.8. The maximum Gasteiger partial charge on any atom is 0.292 e. The molecule has 1 heterocycles. The normalized spacial score (nSPS) is 10.6. The molecular formula is C19H17FN2O3. The molecule has 3 aromatic rings. The Morgan fingerprint density at radius 2 is 2.04 bits per heavy atom. The molecule has 0 saturated heterocycles. The maximum atomic E-state index is 13.2. The minimum atomic E-state index is -0.687. The molecule has 25 heavy (non-hydrogen) atoms. The number of methoxy groups -OCH3 is 1. The fourth-order valence-electron chi connectivity index (χ4n) is 2.64. The van der Waals surface area contributed by atoms with E-state index in [1.165, 1.54) is 24.4 Å². The smallest absolute Gasteiger partial charge is 0.292 e. The summed E-state index contributed by atoms with van der Waals surface area (Å²) in [7, 11) is 1.59. The Morgan fingerprint density at radius 3 is 2.84 bits per heavy atom. The Bertz CT molecular complexity index is 933. The number of rotatable bonds is 6. The van der Waals surface area contributed by atoms with Gasteiger partial charge in [-0.3, -0.25) is 9.59 Å². The number of ether oxygens (including phenoxy) is 1. The number of carbonyl (C=O) groups is 2. The van der Waals surface area contributed by atoms with Crippen molar-refractivity contribution in [1.29, 1.82) is 0 Å². The molecule has 1 amide bonds. The van der Waals surface area contributed by atoms with E-state index >= 15 is 0 Å². The van der Waals surface area contributed by atoms with Gasteiger partial charge in [0.1, 0.15) is 11.6 Å². The number of aromatic amines is 1. The molecule has 3 rings (SSSR count). The van der Waals surface area contributed by atoms with Crippen molar-refractivity contribution in [3.63, 3.8) is 0 Å². The third-order valence-corrected chi connectivity index (χ3v) is 3.93. The highest BCUT2D eigenvalue weighted by Gasteiger charge is 2.19. The summed E-state index contributed by atoms with van der Waals surface area (Å²) in [5.41, 5.74) is 1.70. The van der Waals surface area contributed by atoms with Crippen LogP contribution in [0, 0.1) is 5.82 Å². The number of nitrogens with one attached hydrogen (secondary N) is 2. The van der Waals surface area contributed by atoms with Crippen LogP contribution in [-0.2, 0) is 11.2 Å². The summed E-state index contributed by atoms with van der Waals surface area (Å²) in [5.74, 6) is -1.00. The van der Waals surface area contributed by atoms with E-state index in [4.69, 9.17) is 4.74 Å². The van der Waals surface area contributed by atoms with Crippen LogP contribution in [0.3, 0.4) is 0 Å². The van der Waals surface area contributed by atoms with Crippen LogP contribution >= 0.6 is 0 Å². The second-order valence-electron chi connectivity index (χ2n) is 5.58. The van der Waals surface area contributed by atoms with Gasteiger partial charge in [0.2, 0.25) is 0 Å². The molecule has 0 aliphatic rings. The van der Waals surface area contributed by atoms with Gasteiger partial charge in [0, 0.05) is 23.6 Å². The molecule has 0 saturated carbocycles. The van der Waals surface area contributed by atoms with Crippen LogP contribution in [0.15, 0.2) is 48.7 Å². The van der Waals surface area contributed by atoms with Gasteiger partial charge in [-0.2, -0.15) is 0 Å². The number of hydrogen-bond donors (Lipinski definition) is 2. The number of halogens is 1. The van der Waals surface area contributed by atoms with Gasteiger partial charge in [-0.1, -0.05) is 12.1 Å². The standard InChI is InChI=1S/C19H17FN2O3/c1-25-14-4-2-3-12(9-14)7-8-21-19(24)18(23)16-11-22-17-10-13(20)5-6-15(16)17/h2-6,9-11,22H,7-8H2,1H3,(H,21,24). The quantitative estimate of drug-likeness (QED) is 0.535. The van der Waals surface area contributed by atoms with Crippen molar-refractivity contribution in [3.05, 3.63) is 65.6 Å². The molecule has 128 valence electrons. The first-order valence-electron chi connectivity index (χ1n) is 7.80. The summed E-state index contributed by atoms with van der Waals surface area (Å²) >= 11 is 0. The summed E-state index contributed by atoms with van der Waals surface area (Å²) in [6.45, 7) is 0.328. The molecule has 0 unspecified atom stereocenters. The Balaban J connectivity index is 1.63. The molecule has 6 heteroatoms. The predicted octanol–water partition coefficient (Wildman–Crippen LogP) is 2.86. The topological polar surface area (TPSA) is 71.2 Å². The molecule has 0 spiro atoms. The first-order chi connectivity index (χ1) is 12.1. The van der Waals surface area contributed by atoms with Gasteiger partial charge < -0.3 is 15.0 Å². The molecular weight excluding hydrogens is 323 g/mol. The summed E-state index contributed by atoms with van der Waals surface area (Å²) in [4.78, 5) is 27.2. The van der Waals surface area contributed by atoms with E-state index in [1.807, 2.05) is 24.3 Å². The van der Waals surface area contributed by atoms with Gasteiger partial charge in [0.25, 0.3) is 11.7 Å².